The molecule has 1 N–H and O–H groups in total. The molecule has 132 valence electrons. The van der Waals surface area contributed by atoms with Gasteiger partial charge in [-0.15, -0.1) is 0 Å². The lowest BCUT2D eigenvalue weighted by molar-refractivity contribution is 0.0648. The summed E-state index contributed by atoms with van der Waals surface area (Å²) in [6.07, 6.45) is 2.87. The molecule has 2 aliphatic rings. The lowest BCUT2D eigenvalue weighted by Gasteiger charge is -2.22. The number of aromatic nitrogens is 2. The van der Waals surface area contributed by atoms with Gasteiger partial charge in [0.15, 0.2) is 5.82 Å². The molecule has 0 bridgehead atoms. The number of aliphatic hydroxyl groups is 1. The molecule has 0 radical (unpaired) electrons. The second kappa shape index (κ2) is 6.57. The summed E-state index contributed by atoms with van der Waals surface area (Å²) < 4.78 is 10.6. The van der Waals surface area contributed by atoms with Crippen LogP contribution < -0.4 is 0 Å². The van der Waals surface area contributed by atoms with Crippen molar-refractivity contribution in [2.75, 3.05) is 20.3 Å². The Labute approximate surface area is 145 Å². The van der Waals surface area contributed by atoms with E-state index in [1.165, 1.54) is 0 Å². The molecule has 0 spiro atoms. The van der Waals surface area contributed by atoms with Gasteiger partial charge in [-0.25, -0.2) is 0 Å². The quantitative estimate of drug-likeness (QED) is 0.891. The number of benzene rings is 1. The van der Waals surface area contributed by atoms with Gasteiger partial charge in [0, 0.05) is 30.7 Å². The van der Waals surface area contributed by atoms with Crippen molar-refractivity contribution in [3.8, 4) is 11.5 Å². The van der Waals surface area contributed by atoms with Crippen LogP contribution in [0.3, 0.4) is 0 Å². The molecule has 2 fully saturated rings. The first kappa shape index (κ1) is 16.2. The predicted octanol–water partition coefficient (Wildman–Crippen LogP) is 1.84. The summed E-state index contributed by atoms with van der Waals surface area (Å²) in [5.74, 6) is 1.59. The van der Waals surface area contributed by atoms with Gasteiger partial charge in [-0.05, 0) is 43.5 Å². The van der Waals surface area contributed by atoms with Crippen molar-refractivity contribution in [2.45, 2.75) is 37.3 Å². The molecule has 1 saturated carbocycles. The summed E-state index contributed by atoms with van der Waals surface area (Å²) in [4.78, 5) is 18.8. The van der Waals surface area contributed by atoms with Gasteiger partial charge < -0.3 is 19.3 Å². The number of methoxy groups -OCH3 is 1. The summed E-state index contributed by atoms with van der Waals surface area (Å²) in [6, 6.07) is 6.94. The number of hydrogen-bond acceptors (Lipinski definition) is 6. The zero-order valence-corrected chi connectivity index (χ0v) is 14.1. The maximum atomic E-state index is 12.7. The Morgan fingerprint density at radius 1 is 1.36 bits per heavy atom. The van der Waals surface area contributed by atoms with Crippen molar-refractivity contribution in [1.29, 1.82) is 0 Å². The van der Waals surface area contributed by atoms with E-state index in [4.69, 9.17) is 9.26 Å². The lowest BCUT2D eigenvalue weighted by Crippen LogP contribution is -2.38. The van der Waals surface area contributed by atoms with Gasteiger partial charge in [0.2, 0.25) is 0 Å². The van der Waals surface area contributed by atoms with Crippen molar-refractivity contribution in [2.24, 2.45) is 0 Å². The molecule has 1 aromatic carbocycles. The normalized spacial score (nSPS) is 23.2. The van der Waals surface area contributed by atoms with Crippen LogP contribution >= 0.6 is 0 Å². The van der Waals surface area contributed by atoms with Crippen LogP contribution in [0.5, 0.6) is 0 Å². The van der Waals surface area contributed by atoms with E-state index in [0.717, 1.165) is 24.2 Å². The second-order valence-electron chi connectivity index (χ2n) is 6.70. The maximum absolute atomic E-state index is 12.7. The molecule has 4 rings (SSSR count). The number of aliphatic hydroxyl groups excluding tert-OH is 1. The van der Waals surface area contributed by atoms with Crippen molar-refractivity contribution in [3.05, 3.63) is 35.7 Å². The largest absolute Gasteiger partial charge is 0.394 e. The third-order valence-corrected chi connectivity index (χ3v) is 4.94. The fraction of sp³-hybridized carbons (Fsp3) is 0.500. The van der Waals surface area contributed by atoms with Crippen LogP contribution in [-0.4, -0.2) is 58.5 Å². The third kappa shape index (κ3) is 3.17. The topological polar surface area (TPSA) is 88.7 Å². The molecule has 2 heterocycles. The molecule has 1 aliphatic carbocycles. The minimum Gasteiger partial charge on any atom is -0.394 e. The van der Waals surface area contributed by atoms with Crippen molar-refractivity contribution < 1.29 is 19.2 Å². The average molecular weight is 343 g/mol. The van der Waals surface area contributed by atoms with Gasteiger partial charge in [0.25, 0.3) is 11.8 Å². The average Bonchev–Trinajstić information content (AvgIpc) is 3.23. The maximum Gasteiger partial charge on any atom is 0.257 e. The number of ether oxygens (including phenoxy) is 1. The van der Waals surface area contributed by atoms with Gasteiger partial charge in [0.05, 0.1) is 18.8 Å². The Morgan fingerprint density at radius 3 is 2.76 bits per heavy atom. The van der Waals surface area contributed by atoms with Crippen molar-refractivity contribution >= 4 is 5.91 Å². The number of likely N-dealkylation sites (tertiary alicyclic amines) is 1. The molecule has 2 atom stereocenters. The molecule has 0 unspecified atom stereocenters. The number of carbonyl (C=O) groups excluding carboxylic acids is 1. The number of carbonyl (C=O) groups is 1. The minimum atomic E-state index is -0.200. The van der Waals surface area contributed by atoms with Crippen LogP contribution in [0.1, 0.15) is 41.4 Å². The molecule has 7 heteroatoms. The number of amides is 1. The Balaban J connectivity index is 1.50. The Hall–Kier alpha value is -2.25. The van der Waals surface area contributed by atoms with Crippen LogP contribution in [0.4, 0.5) is 0 Å². The van der Waals surface area contributed by atoms with Gasteiger partial charge in [-0.3, -0.25) is 4.79 Å². The van der Waals surface area contributed by atoms with Crippen LogP contribution in [0.15, 0.2) is 28.8 Å². The standard InChI is InChI=1S/C18H21N3O4/c1-24-15-8-14(10-22)21(9-15)18(23)13-6-4-12(5-7-13)17-19-16(20-25-17)11-2-3-11/h4-7,11,14-15,22H,2-3,8-10H2,1H3/t14-,15+/m0/s1. The fourth-order valence-electron chi connectivity index (χ4n) is 3.25. The summed E-state index contributed by atoms with van der Waals surface area (Å²) in [7, 11) is 1.63. The van der Waals surface area contributed by atoms with Crippen LogP contribution in [0, 0.1) is 0 Å². The van der Waals surface area contributed by atoms with Gasteiger partial charge in [0.1, 0.15) is 0 Å². The smallest absolute Gasteiger partial charge is 0.257 e. The highest BCUT2D eigenvalue weighted by atomic mass is 16.5. The third-order valence-electron chi connectivity index (χ3n) is 4.94. The van der Waals surface area contributed by atoms with E-state index in [1.807, 2.05) is 12.1 Å². The van der Waals surface area contributed by atoms with E-state index in [0.29, 0.717) is 30.3 Å². The molecule has 1 saturated heterocycles. The first-order valence-corrected chi connectivity index (χ1v) is 8.58. The molecule has 1 amide bonds. The van der Waals surface area contributed by atoms with E-state index in [9.17, 15) is 9.90 Å². The summed E-state index contributed by atoms with van der Waals surface area (Å²) >= 11 is 0. The van der Waals surface area contributed by atoms with E-state index in [1.54, 1.807) is 24.1 Å². The van der Waals surface area contributed by atoms with Crippen molar-refractivity contribution in [3.63, 3.8) is 0 Å². The fourth-order valence-corrected chi connectivity index (χ4v) is 3.25. The first-order valence-electron chi connectivity index (χ1n) is 8.58. The molecule has 1 aliphatic heterocycles. The first-order chi connectivity index (χ1) is 12.2. The Bertz CT molecular complexity index is 754. The van der Waals surface area contributed by atoms with Gasteiger partial charge in [-0.2, -0.15) is 4.98 Å². The van der Waals surface area contributed by atoms with Crippen LogP contribution in [-0.2, 0) is 4.74 Å². The van der Waals surface area contributed by atoms with E-state index in [2.05, 4.69) is 10.1 Å². The molecule has 2 aromatic rings. The van der Waals surface area contributed by atoms with E-state index in [-0.39, 0.29) is 24.7 Å². The molecule has 25 heavy (non-hydrogen) atoms. The van der Waals surface area contributed by atoms with Gasteiger partial charge in [-0.1, -0.05) is 5.16 Å². The monoisotopic (exact) mass is 343 g/mol. The minimum absolute atomic E-state index is 0.0281. The SMILES string of the molecule is CO[C@@H]1C[C@@H](CO)N(C(=O)c2ccc(-c3nc(C4CC4)no3)cc2)C1. The van der Waals surface area contributed by atoms with Crippen LogP contribution in [0.25, 0.3) is 11.5 Å². The second-order valence-corrected chi connectivity index (χ2v) is 6.70. The summed E-state index contributed by atoms with van der Waals surface area (Å²) in [6.45, 7) is 0.437. The lowest BCUT2D eigenvalue weighted by atomic mass is 10.1. The molecule has 7 nitrogen and oxygen atoms in total. The molecular weight excluding hydrogens is 322 g/mol. The highest BCUT2D eigenvalue weighted by Crippen LogP contribution is 2.38. The number of rotatable bonds is 5. The molecule has 1 aromatic heterocycles. The molecular formula is C18H21N3O4. The highest BCUT2D eigenvalue weighted by molar-refractivity contribution is 5.95. The Kier molecular flexibility index (Phi) is 4.27. The summed E-state index contributed by atoms with van der Waals surface area (Å²) in [5, 5.41) is 13.5. The van der Waals surface area contributed by atoms with Crippen LogP contribution in [0.2, 0.25) is 0 Å². The predicted molar refractivity (Wildman–Crippen MR) is 89.0 cm³/mol. The zero-order valence-electron chi connectivity index (χ0n) is 14.1. The van der Waals surface area contributed by atoms with Gasteiger partial charge >= 0.3 is 0 Å². The Morgan fingerprint density at radius 2 is 2.12 bits per heavy atom. The number of hydrogen-bond donors (Lipinski definition) is 1. The number of nitrogens with zero attached hydrogens (tertiary/aromatic N) is 3. The van der Waals surface area contributed by atoms with E-state index < -0.39 is 0 Å². The van der Waals surface area contributed by atoms with Crippen molar-refractivity contribution in [1.82, 2.24) is 15.0 Å². The zero-order chi connectivity index (χ0) is 17.4. The van der Waals surface area contributed by atoms with E-state index >= 15 is 0 Å². The highest BCUT2D eigenvalue weighted by Gasteiger charge is 2.35. The summed E-state index contributed by atoms with van der Waals surface area (Å²) in [5.41, 5.74) is 1.37.